The van der Waals surface area contributed by atoms with Crippen molar-refractivity contribution in [2.45, 2.75) is 54.0 Å². The third kappa shape index (κ3) is 6.05. The number of anilines is 5. The van der Waals surface area contributed by atoms with Gasteiger partial charge in [-0.2, -0.15) is 0 Å². The van der Waals surface area contributed by atoms with E-state index in [1.165, 1.54) is 50.2 Å². The molecule has 0 spiro atoms. The van der Waals surface area contributed by atoms with E-state index in [1.807, 2.05) is 6.07 Å². The van der Waals surface area contributed by atoms with E-state index in [2.05, 4.69) is 173 Å². The molecule has 44 heavy (non-hydrogen) atoms. The minimum Gasteiger partial charge on any atom is -0.327 e. The van der Waals surface area contributed by atoms with Crippen LogP contribution in [0.1, 0.15) is 41.2 Å². The molecule has 1 aliphatic carbocycles. The predicted molar refractivity (Wildman–Crippen MR) is 188 cm³/mol. The molecular formula is C42H40N2. The van der Waals surface area contributed by atoms with Gasteiger partial charge in [0.05, 0.1) is 11.7 Å². The van der Waals surface area contributed by atoms with Crippen LogP contribution in [0.5, 0.6) is 0 Å². The third-order valence-electron chi connectivity index (χ3n) is 8.47. The largest absolute Gasteiger partial charge is 0.327 e. The lowest BCUT2D eigenvalue weighted by Gasteiger charge is -2.33. The van der Waals surface area contributed by atoms with Crippen molar-refractivity contribution >= 4 is 28.4 Å². The van der Waals surface area contributed by atoms with Crippen molar-refractivity contribution in [2.75, 3.05) is 9.80 Å². The zero-order valence-corrected chi connectivity index (χ0v) is 26.6. The molecule has 0 radical (unpaired) electrons. The molecule has 1 unspecified atom stereocenters. The van der Waals surface area contributed by atoms with E-state index in [9.17, 15) is 0 Å². The number of hydrogen-bond donors (Lipinski definition) is 0. The van der Waals surface area contributed by atoms with Crippen molar-refractivity contribution in [3.63, 3.8) is 0 Å². The van der Waals surface area contributed by atoms with Crippen molar-refractivity contribution in [1.29, 1.82) is 0 Å². The number of benzene rings is 4. The highest BCUT2D eigenvalue weighted by molar-refractivity contribution is 5.81. The molecule has 5 aromatic rings. The van der Waals surface area contributed by atoms with Crippen LogP contribution in [0.2, 0.25) is 0 Å². The van der Waals surface area contributed by atoms with Crippen molar-refractivity contribution < 1.29 is 0 Å². The fourth-order valence-corrected chi connectivity index (χ4v) is 6.32. The van der Waals surface area contributed by atoms with Gasteiger partial charge in [0.15, 0.2) is 0 Å². The Hall–Kier alpha value is -5.00. The van der Waals surface area contributed by atoms with Crippen LogP contribution in [0, 0.1) is 46.8 Å². The standard InChI is InChI=1S/C42H40N2/c1-29-11-7-15-35(23-29)43(36-16-8-12-30(2)24-36)39-19-21-41(33(5)27-39)42-22-20-40(28-34(42)6)44(37-17-9-13-31(3)25-37)38-18-10-14-32(4)26-38/h7-9,11-17,19-24,26-28,37H,25H2,1-6H3. The van der Waals surface area contributed by atoms with Gasteiger partial charge in [0.25, 0.3) is 0 Å². The molecule has 2 heteroatoms. The van der Waals surface area contributed by atoms with Crippen molar-refractivity contribution in [1.82, 2.24) is 0 Å². The molecule has 218 valence electrons. The molecule has 0 N–H and O–H groups in total. The van der Waals surface area contributed by atoms with Crippen molar-refractivity contribution in [3.8, 4) is 11.1 Å². The molecule has 0 fully saturated rings. The SMILES string of the molecule is CC1=CC=CC(N(c2c#ccc(C)c2)c2ccc(-c3ccc(N(c4cccc(C)c4)c4cccc(C)c4)cc3C)c(C)c2)C1. The lowest BCUT2D eigenvalue weighted by molar-refractivity contribution is 0.757. The fourth-order valence-electron chi connectivity index (χ4n) is 6.32. The number of hydrogen-bond acceptors (Lipinski definition) is 2. The molecule has 0 aliphatic heterocycles. The van der Waals surface area contributed by atoms with Gasteiger partial charge in [0, 0.05) is 22.7 Å². The molecule has 0 aromatic heterocycles. The maximum Gasteiger partial charge on any atom is 0.0935 e. The molecule has 0 saturated carbocycles. The number of aryl methyl sites for hydroxylation is 5. The molecule has 0 bridgehead atoms. The van der Waals surface area contributed by atoms with Crippen LogP contribution in [0.3, 0.4) is 0 Å². The van der Waals surface area contributed by atoms with Gasteiger partial charge in [0.1, 0.15) is 0 Å². The van der Waals surface area contributed by atoms with Crippen LogP contribution in [0.15, 0.2) is 121 Å². The Bertz CT molecular complexity index is 1830. The molecule has 5 aromatic carbocycles. The van der Waals surface area contributed by atoms with Gasteiger partial charge in [0.2, 0.25) is 0 Å². The molecule has 2 nitrogen and oxygen atoms in total. The summed E-state index contributed by atoms with van der Waals surface area (Å²) < 4.78 is 0. The Morgan fingerprint density at radius 3 is 1.77 bits per heavy atom. The lowest BCUT2D eigenvalue weighted by atomic mass is 9.94. The first-order valence-corrected chi connectivity index (χ1v) is 15.5. The molecule has 0 heterocycles. The van der Waals surface area contributed by atoms with Crippen LogP contribution < -0.4 is 9.80 Å². The first-order valence-electron chi connectivity index (χ1n) is 15.5. The summed E-state index contributed by atoms with van der Waals surface area (Å²) in [5.41, 5.74) is 15.8. The third-order valence-corrected chi connectivity index (χ3v) is 8.47. The van der Waals surface area contributed by atoms with Gasteiger partial charge in [-0.05, 0) is 154 Å². The van der Waals surface area contributed by atoms with Gasteiger partial charge in [-0.1, -0.05) is 66.3 Å². The van der Waals surface area contributed by atoms with Gasteiger partial charge in [-0.25, -0.2) is 0 Å². The van der Waals surface area contributed by atoms with E-state index >= 15 is 0 Å². The van der Waals surface area contributed by atoms with Crippen LogP contribution in [0.4, 0.5) is 28.4 Å². The highest BCUT2D eigenvalue weighted by Crippen LogP contribution is 2.40. The van der Waals surface area contributed by atoms with Crippen molar-refractivity contribution in [3.05, 3.63) is 161 Å². The van der Waals surface area contributed by atoms with Gasteiger partial charge in [-0.15, -0.1) is 0 Å². The first kappa shape index (κ1) is 29.1. The van der Waals surface area contributed by atoms with E-state index in [0.29, 0.717) is 0 Å². The van der Waals surface area contributed by atoms with E-state index in [4.69, 9.17) is 0 Å². The zero-order valence-electron chi connectivity index (χ0n) is 26.6. The summed E-state index contributed by atoms with van der Waals surface area (Å²) in [5, 5.41) is 0. The molecular weight excluding hydrogens is 532 g/mol. The summed E-state index contributed by atoms with van der Waals surface area (Å²) in [6.07, 6.45) is 7.67. The Morgan fingerprint density at radius 1 is 0.614 bits per heavy atom. The van der Waals surface area contributed by atoms with Crippen LogP contribution in [-0.2, 0) is 0 Å². The second-order valence-corrected chi connectivity index (χ2v) is 12.2. The monoisotopic (exact) mass is 572 g/mol. The predicted octanol–water partition coefficient (Wildman–Crippen LogP) is 11.4. The summed E-state index contributed by atoms with van der Waals surface area (Å²) in [6.45, 7) is 13.1. The summed E-state index contributed by atoms with van der Waals surface area (Å²) in [6, 6.07) is 42.2. The molecule has 6 rings (SSSR count). The van der Waals surface area contributed by atoms with Crippen LogP contribution >= 0.6 is 0 Å². The van der Waals surface area contributed by atoms with E-state index < -0.39 is 0 Å². The average molecular weight is 573 g/mol. The van der Waals surface area contributed by atoms with E-state index in [1.54, 1.807) is 0 Å². The quantitative estimate of drug-likeness (QED) is 0.191. The zero-order chi connectivity index (χ0) is 30.8. The highest BCUT2D eigenvalue weighted by Gasteiger charge is 2.22. The summed E-state index contributed by atoms with van der Waals surface area (Å²) >= 11 is 0. The number of rotatable bonds is 7. The van der Waals surface area contributed by atoms with Gasteiger partial charge >= 0.3 is 0 Å². The normalized spacial score (nSPS) is 14.1. The van der Waals surface area contributed by atoms with E-state index in [-0.39, 0.29) is 6.04 Å². The fraction of sp³-hybridized carbons (Fsp3) is 0.190. The second-order valence-electron chi connectivity index (χ2n) is 12.2. The van der Waals surface area contributed by atoms with Crippen LogP contribution in [-0.4, -0.2) is 6.04 Å². The minimum absolute atomic E-state index is 0.229. The topological polar surface area (TPSA) is 6.48 Å². The maximum atomic E-state index is 3.39. The van der Waals surface area contributed by atoms with E-state index in [0.717, 1.165) is 29.2 Å². The van der Waals surface area contributed by atoms with Gasteiger partial charge < -0.3 is 9.80 Å². The highest BCUT2D eigenvalue weighted by atomic mass is 15.2. The Kier molecular flexibility index (Phi) is 8.14. The first-order chi connectivity index (χ1) is 21.3. The Labute approximate surface area is 263 Å². The average Bonchev–Trinajstić information content (AvgIpc) is 2.98. The molecule has 1 atom stereocenters. The van der Waals surface area contributed by atoms with Gasteiger partial charge in [-0.3, -0.25) is 0 Å². The Balaban J connectivity index is 1.38. The summed E-state index contributed by atoms with van der Waals surface area (Å²) in [4.78, 5) is 4.76. The molecule has 0 saturated heterocycles. The second kappa shape index (κ2) is 12.3. The smallest absolute Gasteiger partial charge is 0.0935 e. The summed E-state index contributed by atoms with van der Waals surface area (Å²) in [7, 11) is 0. The van der Waals surface area contributed by atoms with Crippen molar-refractivity contribution in [2.24, 2.45) is 0 Å². The maximum absolute atomic E-state index is 3.39. The lowest BCUT2D eigenvalue weighted by Crippen LogP contribution is -2.30. The summed E-state index contributed by atoms with van der Waals surface area (Å²) in [5.74, 6) is 0. The van der Waals surface area contributed by atoms with Crippen LogP contribution in [0.25, 0.3) is 11.1 Å². The Morgan fingerprint density at radius 2 is 1.20 bits per heavy atom. The number of allylic oxidation sites excluding steroid dienone is 2. The molecule has 0 amide bonds. The molecule has 1 aliphatic rings. The number of nitrogens with zero attached hydrogens (tertiary/aromatic N) is 2. The minimum atomic E-state index is 0.229.